The lowest BCUT2D eigenvalue weighted by molar-refractivity contribution is -0.139. The molecule has 0 aliphatic carbocycles. The van der Waals surface area contributed by atoms with Crippen molar-refractivity contribution in [2.75, 3.05) is 11.3 Å². The molecule has 0 spiro atoms. The number of aromatic nitrogens is 1. The Morgan fingerprint density at radius 3 is 2.62 bits per heavy atom. The second-order valence-electron chi connectivity index (χ2n) is 5.18. The van der Waals surface area contributed by atoms with Gasteiger partial charge in [-0.05, 0) is 37.3 Å². The number of thiazole rings is 1. The molecular weight excluding hydrogens is 389 g/mol. The number of rotatable bonds is 5. The highest BCUT2D eigenvalue weighted by molar-refractivity contribution is 7.93. The highest BCUT2D eigenvalue weighted by Crippen LogP contribution is 2.36. The van der Waals surface area contributed by atoms with Gasteiger partial charge in [0.1, 0.15) is 5.75 Å². The fourth-order valence-electron chi connectivity index (χ4n) is 2.31. The zero-order valence-corrected chi connectivity index (χ0v) is 15.0. The third-order valence-corrected chi connectivity index (χ3v) is 5.83. The second kappa shape index (κ2) is 6.76. The van der Waals surface area contributed by atoms with Gasteiger partial charge in [-0.2, -0.15) is 13.2 Å². The second-order valence-corrected chi connectivity index (χ2v) is 7.86. The lowest BCUT2D eigenvalue weighted by Gasteiger charge is -2.13. The molecule has 3 rings (SSSR count). The average molecular weight is 402 g/mol. The van der Waals surface area contributed by atoms with Crippen molar-refractivity contribution in [3.8, 4) is 5.75 Å². The van der Waals surface area contributed by atoms with Crippen LogP contribution in [0.5, 0.6) is 5.75 Å². The molecule has 0 saturated heterocycles. The van der Waals surface area contributed by atoms with Crippen LogP contribution in [0.25, 0.3) is 10.2 Å². The Balaban J connectivity index is 1.97. The Morgan fingerprint density at radius 1 is 1.19 bits per heavy atom. The molecule has 2 aromatic carbocycles. The van der Waals surface area contributed by atoms with Gasteiger partial charge in [-0.15, -0.1) is 0 Å². The third kappa shape index (κ3) is 3.75. The summed E-state index contributed by atoms with van der Waals surface area (Å²) in [6.07, 6.45) is -4.79. The maximum atomic E-state index is 13.1. The molecule has 0 aliphatic heterocycles. The van der Waals surface area contributed by atoms with Crippen LogP contribution in [0.1, 0.15) is 12.5 Å². The summed E-state index contributed by atoms with van der Waals surface area (Å²) in [7, 11) is -4.45. The molecule has 1 aromatic heterocycles. The van der Waals surface area contributed by atoms with Crippen molar-refractivity contribution >= 4 is 36.7 Å². The SMILES string of the molecule is CCOc1ccc2nc(NS(=O)(=O)c3ccccc3C(F)(F)F)sc2c1. The highest BCUT2D eigenvalue weighted by atomic mass is 32.2. The number of hydrogen-bond acceptors (Lipinski definition) is 5. The van der Waals surface area contributed by atoms with E-state index in [1.807, 2.05) is 6.92 Å². The molecule has 10 heteroatoms. The highest BCUT2D eigenvalue weighted by Gasteiger charge is 2.37. The molecule has 0 saturated carbocycles. The van der Waals surface area contributed by atoms with E-state index in [1.165, 1.54) is 6.07 Å². The van der Waals surface area contributed by atoms with Crippen LogP contribution in [0.15, 0.2) is 47.4 Å². The monoisotopic (exact) mass is 402 g/mol. The van der Waals surface area contributed by atoms with Crippen molar-refractivity contribution in [2.24, 2.45) is 0 Å². The van der Waals surface area contributed by atoms with Gasteiger partial charge in [0, 0.05) is 0 Å². The Morgan fingerprint density at radius 2 is 1.92 bits per heavy atom. The van der Waals surface area contributed by atoms with Crippen molar-refractivity contribution in [3.63, 3.8) is 0 Å². The smallest absolute Gasteiger partial charge is 0.417 e. The molecule has 5 nitrogen and oxygen atoms in total. The summed E-state index contributed by atoms with van der Waals surface area (Å²) >= 11 is 1.01. The van der Waals surface area contributed by atoms with Gasteiger partial charge in [-0.25, -0.2) is 13.4 Å². The van der Waals surface area contributed by atoms with Crippen molar-refractivity contribution in [3.05, 3.63) is 48.0 Å². The quantitative estimate of drug-likeness (QED) is 0.682. The minimum absolute atomic E-state index is 0.0226. The summed E-state index contributed by atoms with van der Waals surface area (Å²) in [5.41, 5.74) is -0.715. The van der Waals surface area contributed by atoms with Crippen molar-refractivity contribution in [2.45, 2.75) is 18.0 Å². The first-order valence-electron chi connectivity index (χ1n) is 7.43. The van der Waals surface area contributed by atoms with Gasteiger partial charge >= 0.3 is 6.18 Å². The molecule has 0 amide bonds. The maximum Gasteiger partial charge on any atom is 0.417 e. The number of nitrogens with one attached hydrogen (secondary N) is 1. The summed E-state index contributed by atoms with van der Waals surface area (Å²) < 4.78 is 72.3. The van der Waals surface area contributed by atoms with Crippen LogP contribution in [0.3, 0.4) is 0 Å². The third-order valence-electron chi connectivity index (χ3n) is 3.37. The fourth-order valence-corrected chi connectivity index (χ4v) is 4.67. The summed E-state index contributed by atoms with van der Waals surface area (Å²) in [5, 5.41) is -0.0226. The van der Waals surface area contributed by atoms with E-state index in [0.717, 1.165) is 29.5 Å². The number of anilines is 1. The Hall–Kier alpha value is -2.33. The van der Waals surface area contributed by atoms with Gasteiger partial charge in [-0.3, -0.25) is 4.72 Å². The molecular formula is C16H13F3N2O3S2. The standard InChI is InChI=1S/C16H13F3N2O3S2/c1-2-24-10-7-8-12-13(9-10)25-15(20-12)21-26(22,23)14-6-4-3-5-11(14)16(17,18)19/h3-9H,2H2,1H3,(H,20,21). The van der Waals surface area contributed by atoms with Gasteiger partial charge in [0.2, 0.25) is 0 Å². The molecule has 0 atom stereocenters. The molecule has 138 valence electrons. The Bertz CT molecular complexity index is 1050. The van der Waals surface area contributed by atoms with Gasteiger partial charge in [0.15, 0.2) is 5.13 Å². The zero-order valence-electron chi connectivity index (χ0n) is 13.4. The zero-order chi connectivity index (χ0) is 18.9. The lowest BCUT2D eigenvalue weighted by Crippen LogP contribution is -2.18. The number of benzene rings is 2. The number of nitrogens with zero attached hydrogens (tertiary/aromatic N) is 1. The van der Waals surface area contributed by atoms with Crippen LogP contribution in [-0.2, 0) is 16.2 Å². The minimum atomic E-state index is -4.79. The van der Waals surface area contributed by atoms with Crippen LogP contribution in [0, 0.1) is 0 Å². The number of fused-ring (bicyclic) bond motifs is 1. The topological polar surface area (TPSA) is 68.3 Å². The normalized spacial score (nSPS) is 12.3. The van der Waals surface area contributed by atoms with E-state index in [2.05, 4.69) is 9.71 Å². The minimum Gasteiger partial charge on any atom is -0.494 e. The fraction of sp³-hybridized carbons (Fsp3) is 0.188. The first-order chi connectivity index (χ1) is 12.2. The summed E-state index contributed by atoms with van der Waals surface area (Å²) in [4.78, 5) is 3.26. The molecule has 0 fully saturated rings. The van der Waals surface area contributed by atoms with Crippen LogP contribution < -0.4 is 9.46 Å². The van der Waals surface area contributed by atoms with E-state index in [1.54, 1.807) is 18.2 Å². The molecule has 3 aromatic rings. The number of halogens is 3. The molecule has 26 heavy (non-hydrogen) atoms. The summed E-state index contributed by atoms with van der Waals surface area (Å²) in [6.45, 7) is 2.30. The van der Waals surface area contributed by atoms with Crippen LogP contribution in [0.2, 0.25) is 0 Å². The van der Waals surface area contributed by atoms with Gasteiger partial charge in [-0.1, -0.05) is 23.5 Å². The molecule has 1 N–H and O–H groups in total. The van der Waals surface area contributed by atoms with E-state index < -0.39 is 26.7 Å². The average Bonchev–Trinajstić information content (AvgIpc) is 2.95. The number of hydrogen-bond donors (Lipinski definition) is 1. The molecule has 1 heterocycles. The molecule has 0 unspecified atom stereocenters. The molecule has 0 aliphatic rings. The first-order valence-corrected chi connectivity index (χ1v) is 9.73. The van der Waals surface area contributed by atoms with Crippen LogP contribution >= 0.6 is 11.3 Å². The number of ether oxygens (including phenoxy) is 1. The largest absolute Gasteiger partial charge is 0.494 e. The summed E-state index contributed by atoms with van der Waals surface area (Å²) in [6, 6.07) is 9.03. The lowest BCUT2D eigenvalue weighted by atomic mass is 10.2. The Labute approximate surface area is 151 Å². The number of sulfonamides is 1. The van der Waals surface area contributed by atoms with E-state index in [9.17, 15) is 21.6 Å². The van der Waals surface area contributed by atoms with Crippen LogP contribution in [-0.4, -0.2) is 20.0 Å². The summed E-state index contributed by atoms with van der Waals surface area (Å²) in [5.74, 6) is 0.598. The van der Waals surface area contributed by atoms with Crippen molar-refractivity contribution in [1.29, 1.82) is 0 Å². The van der Waals surface area contributed by atoms with Crippen LogP contribution in [0.4, 0.5) is 18.3 Å². The maximum absolute atomic E-state index is 13.1. The Kier molecular flexibility index (Phi) is 4.80. The van der Waals surface area contributed by atoms with E-state index in [-0.39, 0.29) is 5.13 Å². The number of alkyl halides is 3. The van der Waals surface area contributed by atoms with E-state index >= 15 is 0 Å². The van der Waals surface area contributed by atoms with Crippen molar-refractivity contribution in [1.82, 2.24) is 4.98 Å². The van der Waals surface area contributed by atoms with Crippen molar-refractivity contribution < 1.29 is 26.3 Å². The van der Waals surface area contributed by atoms with Gasteiger partial charge in [0.25, 0.3) is 10.0 Å². The predicted molar refractivity (Wildman–Crippen MR) is 93.0 cm³/mol. The van der Waals surface area contributed by atoms with E-state index in [4.69, 9.17) is 4.74 Å². The molecule has 0 bridgehead atoms. The molecule has 0 radical (unpaired) electrons. The van der Waals surface area contributed by atoms with Gasteiger partial charge < -0.3 is 4.74 Å². The van der Waals surface area contributed by atoms with Gasteiger partial charge in [0.05, 0.1) is 27.3 Å². The van der Waals surface area contributed by atoms with E-state index in [0.29, 0.717) is 22.6 Å². The predicted octanol–water partition coefficient (Wildman–Crippen LogP) is 4.51. The first kappa shape index (κ1) is 18.5.